The first-order valence-corrected chi connectivity index (χ1v) is 11.7. The number of hydrogen-bond donors (Lipinski definition) is 2. The fourth-order valence-corrected chi connectivity index (χ4v) is 5.06. The third kappa shape index (κ3) is 6.68. The van der Waals surface area contributed by atoms with Crippen molar-refractivity contribution in [2.75, 3.05) is 13.2 Å². The first-order chi connectivity index (χ1) is 12.9. The van der Waals surface area contributed by atoms with Crippen molar-refractivity contribution >= 4 is 0 Å². The molecular weight excluding hydrogens is 348 g/mol. The Kier molecular flexibility index (Phi) is 8.41. The largest absolute Gasteiger partial charge is 0.376 e. The monoisotopic (exact) mass is 396 g/mol. The van der Waals surface area contributed by atoms with Gasteiger partial charge in [0.2, 0.25) is 0 Å². The van der Waals surface area contributed by atoms with Crippen LogP contribution in [0.1, 0.15) is 88.0 Å². The zero-order valence-corrected chi connectivity index (χ0v) is 20.1. The number of piperidine rings is 2. The molecule has 0 saturated carbocycles. The maximum atomic E-state index is 6.32. The highest BCUT2D eigenvalue weighted by Gasteiger charge is 2.42. The Morgan fingerprint density at radius 2 is 1.29 bits per heavy atom. The zero-order chi connectivity index (χ0) is 21.1. The maximum Gasteiger partial charge on any atom is 0.0704 e. The van der Waals surface area contributed by atoms with Crippen LogP contribution in [0.25, 0.3) is 0 Å². The van der Waals surface area contributed by atoms with Gasteiger partial charge in [0.05, 0.1) is 25.4 Å². The minimum atomic E-state index is 0.118. The van der Waals surface area contributed by atoms with E-state index >= 15 is 0 Å². The summed E-state index contributed by atoms with van der Waals surface area (Å²) in [6.07, 6.45) is 5.04. The van der Waals surface area contributed by atoms with Gasteiger partial charge in [0, 0.05) is 23.2 Å². The molecule has 0 spiro atoms. The van der Waals surface area contributed by atoms with Crippen LogP contribution in [0.3, 0.4) is 0 Å². The lowest BCUT2D eigenvalue weighted by Gasteiger charge is -2.50. The van der Waals surface area contributed by atoms with Crippen molar-refractivity contribution in [1.82, 2.24) is 10.6 Å². The summed E-state index contributed by atoms with van der Waals surface area (Å²) in [5, 5.41) is 7.69. The van der Waals surface area contributed by atoms with Gasteiger partial charge in [0.1, 0.15) is 0 Å². The lowest BCUT2D eigenvalue weighted by Crippen LogP contribution is -2.63. The molecule has 2 rings (SSSR count). The highest BCUT2D eigenvalue weighted by Crippen LogP contribution is 2.35. The smallest absolute Gasteiger partial charge is 0.0704 e. The van der Waals surface area contributed by atoms with E-state index < -0.39 is 0 Å². The van der Waals surface area contributed by atoms with Gasteiger partial charge >= 0.3 is 0 Å². The van der Waals surface area contributed by atoms with E-state index in [9.17, 15) is 0 Å². The third-order valence-corrected chi connectivity index (χ3v) is 7.15. The van der Waals surface area contributed by atoms with Crippen molar-refractivity contribution in [3.63, 3.8) is 0 Å². The van der Waals surface area contributed by atoms with Crippen molar-refractivity contribution in [3.8, 4) is 0 Å². The molecule has 4 unspecified atom stereocenters. The molecule has 0 aromatic heterocycles. The normalized spacial score (nSPS) is 36.4. The molecule has 0 radical (unpaired) electrons. The maximum absolute atomic E-state index is 6.32. The van der Waals surface area contributed by atoms with Gasteiger partial charge in [-0.1, -0.05) is 41.5 Å². The summed E-state index contributed by atoms with van der Waals surface area (Å²) in [7, 11) is 0. The fourth-order valence-electron chi connectivity index (χ4n) is 5.06. The second-order valence-corrected chi connectivity index (χ2v) is 11.3. The molecule has 0 aliphatic carbocycles. The lowest BCUT2D eigenvalue weighted by molar-refractivity contribution is -0.0739. The van der Waals surface area contributed by atoms with E-state index in [2.05, 4.69) is 72.9 Å². The molecule has 2 heterocycles. The lowest BCUT2D eigenvalue weighted by atomic mass is 9.74. The summed E-state index contributed by atoms with van der Waals surface area (Å²) >= 11 is 0. The average Bonchev–Trinajstić information content (AvgIpc) is 2.56. The molecule has 2 aliphatic rings. The number of hydrogen-bond acceptors (Lipinski definition) is 4. The molecule has 2 fully saturated rings. The molecule has 2 saturated heterocycles. The van der Waals surface area contributed by atoms with Gasteiger partial charge in [-0.05, 0) is 64.2 Å². The van der Waals surface area contributed by atoms with E-state index in [0.29, 0.717) is 55.3 Å². The number of rotatable bonds is 8. The van der Waals surface area contributed by atoms with Crippen molar-refractivity contribution in [2.24, 2.45) is 17.8 Å². The summed E-state index contributed by atoms with van der Waals surface area (Å²) in [5.74, 6) is 1.88. The summed E-state index contributed by atoms with van der Waals surface area (Å²) in [6.45, 7) is 22.2. The Labute approximate surface area is 174 Å². The van der Waals surface area contributed by atoms with Crippen LogP contribution < -0.4 is 10.6 Å². The number of ether oxygens (including phenoxy) is 2. The van der Waals surface area contributed by atoms with E-state index in [1.165, 1.54) is 0 Å². The van der Waals surface area contributed by atoms with Gasteiger partial charge in [0.15, 0.2) is 0 Å². The highest BCUT2D eigenvalue weighted by atomic mass is 16.5. The molecule has 28 heavy (non-hydrogen) atoms. The Hall–Kier alpha value is -0.160. The highest BCUT2D eigenvalue weighted by molar-refractivity contribution is 5.01. The molecule has 4 atom stereocenters. The van der Waals surface area contributed by atoms with Crippen molar-refractivity contribution in [3.05, 3.63) is 0 Å². The van der Waals surface area contributed by atoms with Gasteiger partial charge in [-0.15, -0.1) is 0 Å². The summed E-state index contributed by atoms with van der Waals surface area (Å²) in [4.78, 5) is 0. The molecule has 4 nitrogen and oxygen atoms in total. The Balaban J connectivity index is 1.81. The van der Waals surface area contributed by atoms with Gasteiger partial charge < -0.3 is 20.1 Å². The van der Waals surface area contributed by atoms with Crippen molar-refractivity contribution < 1.29 is 9.47 Å². The van der Waals surface area contributed by atoms with Crippen LogP contribution in [-0.2, 0) is 9.47 Å². The van der Waals surface area contributed by atoms with Gasteiger partial charge in [-0.25, -0.2) is 0 Å². The predicted molar refractivity (Wildman–Crippen MR) is 119 cm³/mol. The molecule has 2 N–H and O–H groups in total. The van der Waals surface area contributed by atoms with Crippen LogP contribution in [0, 0.1) is 17.8 Å². The van der Waals surface area contributed by atoms with Crippen molar-refractivity contribution in [1.29, 1.82) is 0 Å². The van der Waals surface area contributed by atoms with Crippen LogP contribution >= 0.6 is 0 Å². The molecule has 0 amide bonds. The molecular formula is C24H48N2O2. The number of nitrogens with one attached hydrogen (secondary N) is 2. The van der Waals surface area contributed by atoms with E-state index in [-0.39, 0.29) is 11.1 Å². The first-order valence-electron chi connectivity index (χ1n) is 11.7. The van der Waals surface area contributed by atoms with Crippen LogP contribution in [0.5, 0.6) is 0 Å². The molecule has 4 heteroatoms. The van der Waals surface area contributed by atoms with Crippen LogP contribution in [0.4, 0.5) is 0 Å². The Morgan fingerprint density at radius 3 is 1.75 bits per heavy atom. The van der Waals surface area contributed by atoms with Crippen LogP contribution in [0.15, 0.2) is 0 Å². The molecule has 0 aromatic rings. The average molecular weight is 397 g/mol. The van der Waals surface area contributed by atoms with Gasteiger partial charge in [0.25, 0.3) is 0 Å². The molecule has 2 aliphatic heterocycles. The fraction of sp³-hybridized carbons (Fsp3) is 1.00. The second-order valence-electron chi connectivity index (χ2n) is 11.3. The summed E-state index contributed by atoms with van der Waals surface area (Å²) in [6, 6.07) is 1.12. The standard InChI is InChI=1S/C24H48N2O2/c1-16(2)21-12-19(13-22(25-21)17(3)4)27-10-11-28-20-14-23(7,8)26-24(9,15-20)18(5)6/h16-22,25-26H,10-15H2,1-9H3. The second kappa shape index (κ2) is 9.76. The van der Waals surface area contributed by atoms with E-state index in [1.54, 1.807) is 0 Å². The van der Waals surface area contributed by atoms with E-state index in [0.717, 1.165) is 25.7 Å². The van der Waals surface area contributed by atoms with Crippen molar-refractivity contribution in [2.45, 2.75) is 123 Å². The van der Waals surface area contributed by atoms with E-state index in [1.807, 2.05) is 0 Å². The van der Waals surface area contributed by atoms with Gasteiger partial charge in [-0.3, -0.25) is 0 Å². The zero-order valence-electron chi connectivity index (χ0n) is 20.1. The SMILES string of the molecule is CC(C)C1CC(OCCOC2CC(C)(C)NC(C)(C(C)C)C2)CC(C(C)C)N1. The van der Waals surface area contributed by atoms with Crippen LogP contribution in [0.2, 0.25) is 0 Å². The minimum absolute atomic E-state index is 0.118. The van der Waals surface area contributed by atoms with Crippen LogP contribution in [-0.4, -0.2) is 48.6 Å². The molecule has 0 aromatic carbocycles. The third-order valence-electron chi connectivity index (χ3n) is 7.15. The Bertz CT molecular complexity index is 461. The summed E-state index contributed by atoms with van der Waals surface area (Å²) < 4.78 is 12.6. The molecule has 0 bridgehead atoms. The quantitative estimate of drug-likeness (QED) is 0.580. The van der Waals surface area contributed by atoms with E-state index in [4.69, 9.17) is 9.47 Å². The van der Waals surface area contributed by atoms with Gasteiger partial charge in [-0.2, -0.15) is 0 Å². The summed E-state index contributed by atoms with van der Waals surface area (Å²) in [5.41, 5.74) is 0.254. The molecule has 166 valence electrons. The predicted octanol–water partition coefficient (Wildman–Crippen LogP) is 4.77. The minimum Gasteiger partial charge on any atom is -0.376 e. The first kappa shape index (κ1) is 24.1. The Morgan fingerprint density at radius 1 is 0.786 bits per heavy atom. The topological polar surface area (TPSA) is 42.5 Å².